The number of hydrogen-bond donors (Lipinski definition) is 2. The van der Waals surface area contributed by atoms with Crippen molar-refractivity contribution in [2.24, 2.45) is 11.5 Å². The van der Waals surface area contributed by atoms with Crippen LogP contribution in [0, 0.1) is 0 Å². The maximum absolute atomic E-state index is 10.9. The van der Waals surface area contributed by atoms with Crippen molar-refractivity contribution in [1.82, 2.24) is 9.88 Å². The predicted octanol–water partition coefficient (Wildman–Crippen LogP) is -0.241. The number of nitrogens with zero attached hydrogens (tertiary/aromatic N) is 2. The molecular weight excluding hydrogens is 216 g/mol. The molecule has 0 aliphatic rings. The first-order chi connectivity index (χ1) is 8.13. The molecule has 1 atom stereocenters. The molecule has 1 rings (SSSR count). The zero-order valence-electron chi connectivity index (χ0n) is 10.2. The van der Waals surface area contributed by atoms with E-state index in [-0.39, 0.29) is 11.9 Å². The Labute approximate surface area is 102 Å². The van der Waals surface area contributed by atoms with Crippen LogP contribution in [-0.4, -0.2) is 42.0 Å². The molecule has 1 heterocycles. The molecular formula is C12H20N4O. The smallest absolute Gasteiger partial charge is 0.219 e. The summed E-state index contributed by atoms with van der Waals surface area (Å²) < 4.78 is 0. The van der Waals surface area contributed by atoms with Crippen LogP contribution >= 0.6 is 0 Å². The maximum atomic E-state index is 10.9. The molecule has 1 unspecified atom stereocenters. The van der Waals surface area contributed by atoms with Gasteiger partial charge in [0, 0.05) is 43.9 Å². The second kappa shape index (κ2) is 6.98. The third kappa shape index (κ3) is 4.93. The van der Waals surface area contributed by atoms with Gasteiger partial charge in [-0.3, -0.25) is 9.78 Å². The highest BCUT2D eigenvalue weighted by Gasteiger charge is 2.15. The van der Waals surface area contributed by atoms with Gasteiger partial charge in [-0.15, -0.1) is 0 Å². The molecule has 1 aromatic heterocycles. The molecule has 0 spiro atoms. The number of carbonyl (C=O) groups is 1. The normalized spacial score (nSPS) is 12.6. The van der Waals surface area contributed by atoms with Crippen molar-refractivity contribution in [3.8, 4) is 0 Å². The maximum Gasteiger partial charge on any atom is 0.219 e. The quantitative estimate of drug-likeness (QED) is 0.684. The molecule has 5 nitrogen and oxygen atoms in total. The Balaban J connectivity index is 2.42. The van der Waals surface area contributed by atoms with Crippen LogP contribution in [0.15, 0.2) is 24.4 Å². The van der Waals surface area contributed by atoms with Crippen molar-refractivity contribution in [2.75, 3.05) is 20.1 Å². The monoisotopic (exact) mass is 236 g/mol. The highest BCUT2D eigenvalue weighted by Crippen LogP contribution is 2.03. The number of primary amides is 1. The molecule has 0 radical (unpaired) electrons. The fourth-order valence-electron chi connectivity index (χ4n) is 1.67. The van der Waals surface area contributed by atoms with E-state index in [1.165, 1.54) is 0 Å². The van der Waals surface area contributed by atoms with E-state index in [0.29, 0.717) is 13.0 Å². The lowest BCUT2D eigenvalue weighted by molar-refractivity contribution is -0.119. The lowest BCUT2D eigenvalue weighted by Gasteiger charge is -2.25. The molecule has 5 heteroatoms. The first-order valence-corrected chi connectivity index (χ1v) is 5.72. The van der Waals surface area contributed by atoms with Gasteiger partial charge >= 0.3 is 0 Å². The number of carbonyl (C=O) groups excluding carboxylic acids is 1. The average molecular weight is 236 g/mol. The fourth-order valence-corrected chi connectivity index (χ4v) is 1.67. The Bertz CT molecular complexity index is 342. The van der Waals surface area contributed by atoms with Gasteiger partial charge in [0.15, 0.2) is 0 Å². The minimum absolute atomic E-state index is 0.0104. The van der Waals surface area contributed by atoms with Crippen LogP contribution in [-0.2, 0) is 11.2 Å². The first-order valence-electron chi connectivity index (χ1n) is 5.72. The number of rotatable bonds is 7. The summed E-state index contributed by atoms with van der Waals surface area (Å²) in [4.78, 5) is 17.2. The number of nitrogens with two attached hydrogens (primary N) is 2. The van der Waals surface area contributed by atoms with Crippen LogP contribution in [0.3, 0.4) is 0 Å². The Kier molecular flexibility index (Phi) is 5.59. The lowest BCUT2D eigenvalue weighted by atomic mass is 10.1. The molecule has 0 aliphatic carbocycles. The van der Waals surface area contributed by atoms with Crippen molar-refractivity contribution >= 4 is 5.91 Å². The van der Waals surface area contributed by atoms with Crippen molar-refractivity contribution in [3.05, 3.63) is 30.1 Å². The SMILES string of the molecule is CN(CCc1ccccn1)C(CN)CC(N)=O. The van der Waals surface area contributed by atoms with Gasteiger partial charge in [-0.05, 0) is 19.2 Å². The summed E-state index contributed by atoms with van der Waals surface area (Å²) in [5, 5.41) is 0. The van der Waals surface area contributed by atoms with Gasteiger partial charge < -0.3 is 16.4 Å². The largest absolute Gasteiger partial charge is 0.370 e. The van der Waals surface area contributed by atoms with Crippen LogP contribution in [0.2, 0.25) is 0 Å². The molecule has 1 amide bonds. The van der Waals surface area contributed by atoms with Crippen molar-refractivity contribution < 1.29 is 4.79 Å². The number of aromatic nitrogens is 1. The summed E-state index contributed by atoms with van der Waals surface area (Å²) in [6.45, 7) is 1.24. The number of likely N-dealkylation sites (N-methyl/N-ethyl adjacent to an activating group) is 1. The van der Waals surface area contributed by atoms with E-state index in [4.69, 9.17) is 11.5 Å². The number of pyridine rings is 1. The Morgan fingerprint density at radius 3 is 2.82 bits per heavy atom. The van der Waals surface area contributed by atoms with Crippen LogP contribution < -0.4 is 11.5 Å². The first kappa shape index (κ1) is 13.6. The highest BCUT2D eigenvalue weighted by molar-refractivity contribution is 5.74. The summed E-state index contributed by atoms with van der Waals surface area (Å²) in [6, 6.07) is 5.85. The van der Waals surface area contributed by atoms with E-state index in [1.807, 2.05) is 25.2 Å². The van der Waals surface area contributed by atoms with Gasteiger partial charge in [-0.2, -0.15) is 0 Å². The molecule has 0 saturated carbocycles. The predicted molar refractivity (Wildman–Crippen MR) is 67.2 cm³/mol. The van der Waals surface area contributed by atoms with E-state index >= 15 is 0 Å². The van der Waals surface area contributed by atoms with E-state index in [0.717, 1.165) is 18.7 Å². The van der Waals surface area contributed by atoms with E-state index in [9.17, 15) is 4.79 Å². The molecule has 4 N–H and O–H groups in total. The lowest BCUT2D eigenvalue weighted by Crippen LogP contribution is -2.41. The third-order valence-electron chi connectivity index (χ3n) is 2.78. The number of amides is 1. The molecule has 0 fully saturated rings. The van der Waals surface area contributed by atoms with Gasteiger partial charge in [-0.1, -0.05) is 6.07 Å². The van der Waals surface area contributed by atoms with Crippen molar-refractivity contribution in [1.29, 1.82) is 0 Å². The van der Waals surface area contributed by atoms with E-state index in [1.54, 1.807) is 6.20 Å². The zero-order valence-corrected chi connectivity index (χ0v) is 10.2. The topological polar surface area (TPSA) is 85.2 Å². The summed E-state index contributed by atoms with van der Waals surface area (Å²) in [5.74, 6) is -0.315. The minimum atomic E-state index is -0.315. The number of hydrogen-bond acceptors (Lipinski definition) is 4. The van der Waals surface area contributed by atoms with Gasteiger partial charge in [0.2, 0.25) is 5.91 Å². The van der Waals surface area contributed by atoms with Crippen LogP contribution in [0.4, 0.5) is 0 Å². The van der Waals surface area contributed by atoms with Crippen molar-refractivity contribution in [3.63, 3.8) is 0 Å². The summed E-state index contributed by atoms with van der Waals surface area (Å²) >= 11 is 0. The molecule has 17 heavy (non-hydrogen) atoms. The van der Waals surface area contributed by atoms with Gasteiger partial charge in [-0.25, -0.2) is 0 Å². The minimum Gasteiger partial charge on any atom is -0.370 e. The highest BCUT2D eigenvalue weighted by atomic mass is 16.1. The molecule has 0 aromatic carbocycles. The van der Waals surface area contributed by atoms with Gasteiger partial charge in [0.05, 0.1) is 0 Å². The summed E-state index contributed by atoms with van der Waals surface area (Å²) in [7, 11) is 1.95. The molecule has 94 valence electrons. The Morgan fingerprint density at radius 1 is 1.53 bits per heavy atom. The third-order valence-corrected chi connectivity index (χ3v) is 2.78. The second-order valence-corrected chi connectivity index (χ2v) is 4.11. The molecule has 0 aliphatic heterocycles. The van der Waals surface area contributed by atoms with Gasteiger partial charge in [0.25, 0.3) is 0 Å². The zero-order chi connectivity index (χ0) is 12.7. The van der Waals surface area contributed by atoms with Crippen LogP contribution in [0.1, 0.15) is 12.1 Å². The average Bonchev–Trinajstić information content (AvgIpc) is 2.34. The Morgan fingerprint density at radius 2 is 2.29 bits per heavy atom. The fraction of sp³-hybridized carbons (Fsp3) is 0.500. The van der Waals surface area contributed by atoms with Crippen molar-refractivity contribution in [2.45, 2.75) is 18.9 Å². The van der Waals surface area contributed by atoms with Gasteiger partial charge in [0.1, 0.15) is 0 Å². The van der Waals surface area contributed by atoms with E-state index in [2.05, 4.69) is 9.88 Å². The van der Waals surface area contributed by atoms with Crippen LogP contribution in [0.5, 0.6) is 0 Å². The molecule has 0 saturated heterocycles. The Hall–Kier alpha value is -1.46. The molecule has 0 bridgehead atoms. The van der Waals surface area contributed by atoms with Crippen LogP contribution in [0.25, 0.3) is 0 Å². The summed E-state index contributed by atoms with van der Waals surface area (Å²) in [6.07, 6.45) is 2.92. The van der Waals surface area contributed by atoms with E-state index < -0.39 is 0 Å². The standard InChI is InChI=1S/C12H20N4O/c1-16(11(9-13)8-12(14)17)7-5-10-4-2-3-6-15-10/h2-4,6,11H,5,7-9,13H2,1H3,(H2,14,17). The second-order valence-electron chi connectivity index (χ2n) is 4.11. The molecule has 1 aromatic rings. The summed E-state index contributed by atoms with van der Waals surface area (Å²) in [5.41, 5.74) is 11.8.